The minimum Gasteiger partial charge on any atom is -0.381 e. The van der Waals surface area contributed by atoms with Gasteiger partial charge in [0.15, 0.2) is 5.96 Å². The summed E-state index contributed by atoms with van der Waals surface area (Å²) in [5, 5.41) is 6.80. The van der Waals surface area contributed by atoms with Crippen LogP contribution in [-0.4, -0.2) is 65.2 Å². The molecule has 2 saturated heterocycles. The monoisotopic (exact) mass is 521 g/mol. The number of guanidine groups is 1. The third kappa shape index (κ3) is 7.34. The zero-order valence-corrected chi connectivity index (χ0v) is 19.5. The van der Waals surface area contributed by atoms with Crippen LogP contribution in [-0.2, 0) is 19.6 Å². The maximum absolute atomic E-state index is 13.4. The van der Waals surface area contributed by atoms with E-state index in [1.807, 2.05) is 12.1 Å². The molecule has 29 heavy (non-hydrogen) atoms. The fourth-order valence-electron chi connectivity index (χ4n) is 3.78. The number of benzene rings is 1. The first-order valence-corrected chi connectivity index (χ1v) is 10.2. The fourth-order valence-corrected chi connectivity index (χ4v) is 3.78. The largest absolute Gasteiger partial charge is 0.381 e. The van der Waals surface area contributed by atoms with Crippen molar-refractivity contribution in [1.29, 1.82) is 0 Å². The molecule has 1 aromatic carbocycles. The van der Waals surface area contributed by atoms with Gasteiger partial charge in [-0.3, -0.25) is 4.99 Å². The Bertz CT molecular complexity index is 618. The van der Waals surface area contributed by atoms with Crippen molar-refractivity contribution in [3.05, 3.63) is 35.6 Å². The molecule has 0 bridgehead atoms. The molecule has 0 radical (unpaired) electrons. The van der Waals surface area contributed by atoms with E-state index < -0.39 is 0 Å². The first kappa shape index (κ1) is 24.3. The highest BCUT2D eigenvalue weighted by molar-refractivity contribution is 14.0. The second-order valence-electron chi connectivity index (χ2n) is 7.46. The van der Waals surface area contributed by atoms with Crippen molar-refractivity contribution in [2.24, 2.45) is 4.99 Å². The van der Waals surface area contributed by atoms with E-state index in [9.17, 15) is 4.39 Å². The quantitative estimate of drug-likeness (QED) is 0.239. The Labute approximate surface area is 190 Å². The summed E-state index contributed by atoms with van der Waals surface area (Å²) in [5.74, 6) is 0.569. The summed E-state index contributed by atoms with van der Waals surface area (Å²) < 4.78 is 30.0. The number of aliphatic imine (C=N–C) groups is 1. The maximum atomic E-state index is 13.4. The van der Waals surface area contributed by atoms with E-state index in [2.05, 4.69) is 15.6 Å². The molecule has 1 atom stereocenters. The van der Waals surface area contributed by atoms with Crippen LogP contribution in [0.3, 0.4) is 0 Å². The van der Waals surface area contributed by atoms with Crippen molar-refractivity contribution in [2.45, 2.75) is 37.2 Å². The molecule has 0 saturated carbocycles. The summed E-state index contributed by atoms with van der Waals surface area (Å²) in [5.41, 5.74) is 1.07. The smallest absolute Gasteiger partial charge is 0.191 e. The number of hydrogen-bond donors (Lipinski definition) is 2. The molecular formula is C21H33FIN3O3. The highest BCUT2D eigenvalue weighted by Crippen LogP contribution is 2.34. The van der Waals surface area contributed by atoms with Crippen molar-refractivity contribution < 1.29 is 18.6 Å². The SMILES string of the molecule is CN=C(NCCCOC1CCOC1)NCC1(c2ccc(F)cc2)CCOCC1.I. The Kier molecular flexibility index (Phi) is 10.6. The van der Waals surface area contributed by atoms with Gasteiger partial charge in [0, 0.05) is 52.0 Å². The topological polar surface area (TPSA) is 64.1 Å². The van der Waals surface area contributed by atoms with Gasteiger partial charge in [0.05, 0.1) is 12.7 Å². The molecule has 164 valence electrons. The molecule has 2 N–H and O–H groups in total. The minimum absolute atomic E-state index is 0. The van der Waals surface area contributed by atoms with Crippen LogP contribution in [0.2, 0.25) is 0 Å². The number of nitrogens with zero attached hydrogens (tertiary/aromatic N) is 1. The molecule has 3 rings (SSSR count). The molecule has 1 aromatic rings. The Morgan fingerprint density at radius 3 is 2.59 bits per heavy atom. The Balaban J connectivity index is 0.00000300. The van der Waals surface area contributed by atoms with Crippen LogP contribution in [0.5, 0.6) is 0 Å². The first-order valence-electron chi connectivity index (χ1n) is 10.2. The van der Waals surface area contributed by atoms with E-state index >= 15 is 0 Å². The Hall–Kier alpha value is -0.970. The summed E-state index contributed by atoms with van der Waals surface area (Å²) >= 11 is 0. The molecule has 2 aliphatic heterocycles. The van der Waals surface area contributed by atoms with Gasteiger partial charge in [-0.1, -0.05) is 12.1 Å². The number of halogens is 2. The fraction of sp³-hybridized carbons (Fsp3) is 0.667. The Morgan fingerprint density at radius 1 is 1.17 bits per heavy atom. The van der Waals surface area contributed by atoms with Gasteiger partial charge >= 0.3 is 0 Å². The van der Waals surface area contributed by atoms with Crippen LogP contribution >= 0.6 is 24.0 Å². The van der Waals surface area contributed by atoms with Gasteiger partial charge in [0.25, 0.3) is 0 Å². The lowest BCUT2D eigenvalue weighted by Crippen LogP contribution is -2.48. The molecule has 2 fully saturated rings. The number of nitrogens with one attached hydrogen (secondary N) is 2. The van der Waals surface area contributed by atoms with Crippen LogP contribution in [0.4, 0.5) is 4.39 Å². The summed E-state index contributed by atoms with van der Waals surface area (Å²) in [6.45, 7) is 5.19. The summed E-state index contributed by atoms with van der Waals surface area (Å²) in [6, 6.07) is 6.86. The molecular weight excluding hydrogens is 488 g/mol. The van der Waals surface area contributed by atoms with E-state index in [-0.39, 0.29) is 41.3 Å². The van der Waals surface area contributed by atoms with Gasteiger partial charge in [-0.05, 0) is 43.4 Å². The third-order valence-electron chi connectivity index (χ3n) is 5.58. The molecule has 2 heterocycles. The Morgan fingerprint density at radius 2 is 1.93 bits per heavy atom. The highest BCUT2D eigenvalue weighted by Gasteiger charge is 2.34. The molecule has 6 nitrogen and oxygen atoms in total. The van der Waals surface area contributed by atoms with Gasteiger partial charge in [0.1, 0.15) is 5.82 Å². The number of ether oxygens (including phenoxy) is 3. The first-order chi connectivity index (χ1) is 13.7. The van der Waals surface area contributed by atoms with E-state index in [1.165, 1.54) is 12.1 Å². The summed E-state index contributed by atoms with van der Waals surface area (Å²) in [6.07, 6.45) is 3.96. The molecule has 0 amide bonds. The zero-order valence-electron chi connectivity index (χ0n) is 17.1. The van der Waals surface area contributed by atoms with Gasteiger partial charge in [-0.15, -0.1) is 24.0 Å². The molecule has 0 aliphatic carbocycles. The summed E-state index contributed by atoms with van der Waals surface area (Å²) in [7, 11) is 1.77. The van der Waals surface area contributed by atoms with Crippen molar-refractivity contribution in [3.63, 3.8) is 0 Å². The molecule has 0 aromatic heterocycles. The lowest BCUT2D eigenvalue weighted by atomic mass is 9.74. The van der Waals surface area contributed by atoms with Gasteiger partial charge < -0.3 is 24.8 Å². The molecule has 0 spiro atoms. The number of rotatable bonds is 8. The normalized spacial score (nSPS) is 21.4. The second kappa shape index (κ2) is 12.7. The van der Waals surface area contributed by atoms with Gasteiger partial charge in [-0.2, -0.15) is 0 Å². The van der Waals surface area contributed by atoms with Gasteiger partial charge in [0.2, 0.25) is 0 Å². The standard InChI is InChI=1S/C21H32FN3O3.HI/c1-23-20(24-10-2-11-28-19-7-12-27-15-19)25-16-21(8-13-26-14-9-21)17-3-5-18(22)6-4-17;/h3-6,19H,2,7-16H2,1H3,(H2,23,24,25);1H. The van der Waals surface area contributed by atoms with Gasteiger partial charge in [-0.25, -0.2) is 4.39 Å². The van der Waals surface area contributed by atoms with Crippen LogP contribution < -0.4 is 10.6 Å². The van der Waals surface area contributed by atoms with Crippen LogP contribution in [0, 0.1) is 5.82 Å². The van der Waals surface area contributed by atoms with E-state index in [4.69, 9.17) is 14.2 Å². The van der Waals surface area contributed by atoms with E-state index in [0.717, 1.165) is 63.5 Å². The molecule has 2 aliphatic rings. The van der Waals surface area contributed by atoms with Crippen molar-refractivity contribution in [1.82, 2.24) is 10.6 Å². The zero-order chi connectivity index (χ0) is 19.7. The lowest BCUT2D eigenvalue weighted by molar-refractivity contribution is 0.0419. The van der Waals surface area contributed by atoms with E-state index in [0.29, 0.717) is 19.8 Å². The predicted octanol–water partition coefficient (Wildman–Crippen LogP) is 2.85. The minimum atomic E-state index is -0.206. The second-order valence-corrected chi connectivity index (χ2v) is 7.46. The lowest BCUT2D eigenvalue weighted by Gasteiger charge is -2.38. The van der Waals surface area contributed by atoms with Crippen LogP contribution in [0.25, 0.3) is 0 Å². The van der Waals surface area contributed by atoms with Crippen molar-refractivity contribution in [2.75, 3.05) is 53.2 Å². The summed E-state index contributed by atoms with van der Waals surface area (Å²) in [4.78, 5) is 4.33. The van der Waals surface area contributed by atoms with Crippen molar-refractivity contribution >= 4 is 29.9 Å². The highest BCUT2D eigenvalue weighted by atomic mass is 127. The van der Waals surface area contributed by atoms with Crippen LogP contribution in [0.15, 0.2) is 29.3 Å². The predicted molar refractivity (Wildman–Crippen MR) is 123 cm³/mol. The van der Waals surface area contributed by atoms with Crippen LogP contribution in [0.1, 0.15) is 31.2 Å². The third-order valence-corrected chi connectivity index (χ3v) is 5.58. The number of hydrogen-bond acceptors (Lipinski definition) is 4. The average Bonchev–Trinajstić information content (AvgIpc) is 3.25. The maximum Gasteiger partial charge on any atom is 0.191 e. The molecule has 1 unspecified atom stereocenters. The van der Waals surface area contributed by atoms with E-state index in [1.54, 1.807) is 7.05 Å². The van der Waals surface area contributed by atoms with Crippen molar-refractivity contribution in [3.8, 4) is 0 Å². The average molecular weight is 521 g/mol. The molecule has 8 heteroatoms.